The molecule has 5 heteroatoms. The van der Waals surface area contributed by atoms with E-state index in [0.29, 0.717) is 23.6 Å². The van der Waals surface area contributed by atoms with Crippen LogP contribution in [0.5, 0.6) is 0 Å². The van der Waals surface area contributed by atoms with Crippen molar-refractivity contribution in [2.75, 3.05) is 39.8 Å². The van der Waals surface area contributed by atoms with E-state index in [1.165, 1.54) is 6.07 Å². The predicted octanol–water partition coefficient (Wildman–Crippen LogP) is 1.83. The van der Waals surface area contributed by atoms with Gasteiger partial charge in [0.25, 0.3) is 0 Å². The van der Waals surface area contributed by atoms with Gasteiger partial charge in [-0.25, -0.2) is 4.39 Å². The van der Waals surface area contributed by atoms with Crippen molar-refractivity contribution in [3.8, 4) is 6.07 Å². The number of nitrogens with zero attached hydrogens (tertiary/aromatic N) is 3. The van der Waals surface area contributed by atoms with Gasteiger partial charge in [-0.2, -0.15) is 5.26 Å². The summed E-state index contributed by atoms with van der Waals surface area (Å²) in [7, 11) is 2.01. The minimum absolute atomic E-state index is 0.225. The number of nitriles is 1. The first-order chi connectivity index (χ1) is 10.6. The van der Waals surface area contributed by atoms with Crippen molar-refractivity contribution in [2.45, 2.75) is 19.4 Å². The van der Waals surface area contributed by atoms with Crippen molar-refractivity contribution in [3.63, 3.8) is 0 Å². The van der Waals surface area contributed by atoms with Gasteiger partial charge in [0.05, 0.1) is 18.2 Å². The Balaban J connectivity index is 1.81. The van der Waals surface area contributed by atoms with Gasteiger partial charge >= 0.3 is 0 Å². The van der Waals surface area contributed by atoms with E-state index in [1.54, 1.807) is 12.1 Å². The average molecular weight is 305 g/mol. The average Bonchev–Trinajstić information content (AvgIpc) is 2.51. The van der Waals surface area contributed by atoms with Crippen LogP contribution in [0, 0.1) is 23.1 Å². The number of rotatable bonds is 6. The Morgan fingerprint density at radius 1 is 1.41 bits per heavy atom. The maximum atomic E-state index is 13.9. The van der Waals surface area contributed by atoms with Crippen LogP contribution in [0.2, 0.25) is 0 Å². The fraction of sp³-hybridized carbons (Fsp3) is 0.588. The molecule has 4 nitrogen and oxygen atoms in total. The summed E-state index contributed by atoms with van der Waals surface area (Å²) in [6, 6.07) is 6.62. The molecular weight excluding hydrogens is 281 g/mol. The number of hydrogen-bond acceptors (Lipinski definition) is 4. The summed E-state index contributed by atoms with van der Waals surface area (Å²) in [6.45, 7) is 4.57. The van der Waals surface area contributed by atoms with Crippen LogP contribution in [-0.4, -0.2) is 54.7 Å². The topological polar surface area (TPSA) is 50.5 Å². The van der Waals surface area contributed by atoms with E-state index in [4.69, 9.17) is 10.4 Å². The van der Waals surface area contributed by atoms with Gasteiger partial charge in [-0.1, -0.05) is 6.07 Å². The summed E-state index contributed by atoms with van der Waals surface area (Å²) in [6.07, 6.45) is 2.25. The van der Waals surface area contributed by atoms with Crippen LogP contribution in [-0.2, 0) is 6.54 Å². The van der Waals surface area contributed by atoms with E-state index < -0.39 is 0 Å². The zero-order valence-electron chi connectivity index (χ0n) is 13.1. The molecule has 0 radical (unpaired) electrons. The quantitative estimate of drug-likeness (QED) is 0.871. The van der Waals surface area contributed by atoms with Crippen molar-refractivity contribution >= 4 is 0 Å². The summed E-state index contributed by atoms with van der Waals surface area (Å²) in [5.41, 5.74) is 0.999. The van der Waals surface area contributed by atoms with Gasteiger partial charge in [0.2, 0.25) is 0 Å². The molecule has 0 spiro atoms. The minimum atomic E-state index is -0.302. The van der Waals surface area contributed by atoms with Crippen LogP contribution in [0.4, 0.5) is 4.39 Å². The highest BCUT2D eigenvalue weighted by molar-refractivity contribution is 5.32. The van der Waals surface area contributed by atoms with Crippen molar-refractivity contribution in [2.24, 2.45) is 5.92 Å². The first-order valence-corrected chi connectivity index (χ1v) is 7.82. The SMILES string of the molecule is CN(Cc1ccc(C#N)cc1F)CC1CCN(CCO)CC1. The molecular formula is C17H24FN3O. The van der Waals surface area contributed by atoms with Crippen LogP contribution in [0.25, 0.3) is 0 Å². The van der Waals surface area contributed by atoms with E-state index in [-0.39, 0.29) is 12.4 Å². The normalized spacial score (nSPS) is 16.9. The van der Waals surface area contributed by atoms with Gasteiger partial charge in [-0.05, 0) is 51.0 Å². The van der Waals surface area contributed by atoms with Crippen LogP contribution < -0.4 is 0 Å². The van der Waals surface area contributed by atoms with Crippen LogP contribution in [0.15, 0.2) is 18.2 Å². The summed E-state index contributed by atoms with van der Waals surface area (Å²) < 4.78 is 13.9. The zero-order chi connectivity index (χ0) is 15.9. The number of aliphatic hydroxyl groups is 1. The molecule has 1 aromatic carbocycles. The minimum Gasteiger partial charge on any atom is -0.395 e. The summed E-state index contributed by atoms with van der Waals surface area (Å²) in [5.74, 6) is 0.324. The molecule has 1 aromatic rings. The third-order valence-electron chi connectivity index (χ3n) is 4.32. The van der Waals surface area contributed by atoms with Crippen molar-refractivity contribution in [1.82, 2.24) is 9.80 Å². The Bertz CT molecular complexity index is 521. The van der Waals surface area contributed by atoms with E-state index >= 15 is 0 Å². The highest BCUT2D eigenvalue weighted by atomic mass is 19.1. The molecule has 120 valence electrons. The zero-order valence-corrected chi connectivity index (χ0v) is 13.1. The lowest BCUT2D eigenvalue weighted by molar-refractivity contribution is 0.129. The molecule has 0 aromatic heterocycles. The third-order valence-corrected chi connectivity index (χ3v) is 4.32. The predicted molar refractivity (Wildman–Crippen MR) is 83.7 cm³/mol. The Morgan fingerprint density at radius 2 is 2.14 bits per heavy atom. The molecule has 22 heavy (non-hydrogen) atoms. The van der Waals surface area contributed by atoms with Crippen LogP contribution in [0.3, 0.4) is 0 Å². The number of likely N-dealkylation sites (tertiary alicyclic amines) is 1. The molecule has 2 rings (SSSR count). The molecule has 1 fully saturated rings. The number of halogens is 1. The monoisotopic (exact) mass is 305 g/mol. The summed E-state index contributed by atoms with van der Waals surface area (Å²) in [4.78, 5) is 4.44. The Kier molecular flexibility index (Phi) is 6.32. The summed E-state index contributed by atoms with van der Waals surface area (Å²) in [5, 5.41) is 17.7. The molecule has 0 atom stereocenters. The molecule has 1 saturated heterocycles. The Labute approximate surface area is 131 Å². The van der Waals surface area contributed by atoms with Gasteiger partial charge < -0.3 is 14.9 Å². The largest absolute Gasteiger partial charge is 0.395 e. The molecule has 0 bridgehead atoms. The van der Waals surface area contributed by atoms with E-state index in [2.05, 4.69) is 9.80 Å². The molecule has 0 amide bonds. The van der Waals surface area contributed by atoms with E-state index in [9.17, 15) is 4.39 Å². The molecule has 0 aliphatic carbocycles. The van der Waals surface area contributed by atoms with Crippen molar-refractivity contribution in [1.29, 1.82) is 5.26 Å². The molecule has 0 unspecified atom stereocenters. The molecule has 0 saturated carbocycles. The second kappa shape index (κ2) is 8.23. The van der Waals surface area contributed by atoms with Crippen molar-refractivity contribution in [3.05, 3.63) is 35.1 Å². The highest BCUT2D eigenvalue weighted by Gasteiger charge is 2.20. The first kappa shape index (κ1) is 16.9. The Morgan fingerprint density at radius 3 is 2.73 bits per heavy atom. The lowest BCUT2D eigenvalue weighted by Crippen LogP contribution is -2.38. The molecule has 1 heterocycles. The summed E-state index contributed by atoms with van der Waals surface area (Å²) >= 11 is 0. The second-order valence-electron chi connectivity index (χ2n) is 6.12. The standard InChI is InChI=1S/C17H24FN3O/c1-20(12-14-4-6-21(7-5-14)8-9-22)13-16-3-2-15(11-19)10-17(16)18/h2-3,10,14,22H,4-9,12-13H2,1H3. The lowest BCUT2D eigenvalue weighted by Gasteiger charge is -2.33. The van der Waals surface area contributed by atoms with Gasteiger partial charge in [0.1, 0.15) is 5.82 Å². The van der Waals surface area contributed by atoms with Gasteiger partial charge in [0, 0.05) is 25.2 Å². The number of β-amino-alcohol motifs (C(OH)–C–C–N with tert-alkyl or cyclic N) is 1. The highest BCUT2D eigenvalue weighted by Crippen LogP contribution is 2.19. The fourth-order valence-corrected chi connectivity index (χ4v) is 3.08. The van der Waals surface area contributed by atoms with E-state index in [1.807, 2.05) is 13.1 Å². The van der Waals surface area contributed by atoms with Gasteiger partial charge in [-0.15, -0.1) is 0 Å². The van der Waals surface area contributed by atoms with Gasteiger partial charge in [0.15, 0.2) is 0 Å². The number of piperidine rings is 1. The van der Waals surface area contributed by atoms with Crippen LogP contribution >= 0.6 is 0 Å². The maximum absolute atomic E-state index is 13.9. The Hall–Kier alpha value is -1.48. The first-order valence-electron chi connectivity index (χ1n) is 7.82. The number of hydrogen-bond donors (Lipinski definition) is 1. The van der Waals surface area contributed by atoms with E-state index in [0.717, 1.165) is 39.0 Å². The molecule has 1 N–H and O–H groups in total. The van der Waals surface area contributed by atoms with Crippen LogP contribution in [0.1, 0.15) is 24.0 Å². The molecule has 1 aliphatic rings. The number of benzene rings is 1. The number of aliphatic hydroxyl groups excluding tert-OH is 1. The lowest BCUT2D eigenvalue weighted by atomic mass is 9.96. The molecule has 1 aliphatic heterocycles. The third kappa shape index (κ3) is 4.77. The smallest absolute Gasteiger partial charge is 0.129 e. The van der Waals surface area contributed by atoms with Crippen molar-refractivity contribution < 1.29 is 9.50 Å². The maximum Gasteiger partial charge on any atom is 0.129 e. The second-order valence-corrected chi connectivity index (χ2v) is 6.12. The van der Waals surface area contributed by atoms with Gasteiger partial charge in [-0.3, -0.25) is 0 Å². The fourth-order valence-electron chi connectivity index (χ4n) is 3.08.